The highest BCUT2D eigenvalue weighted by Crippen LogP contribution is 2.30. The molecule has 2 aromatic rings. The molecule has 0 amide bonds. The molecule has 1 fully saturated rings. The third-order valence-electron chi connectivity index (χ3n) is 4.86. The molecule has 1 N–H and O–H groups in total. The van der Waals surface area contributed by atoms with Crippen LogP contribution in [0.1, 0.15) is 31.4 Å². The summed E-state index contributed by atoms with van der Waals surface area (Å²) in [5.41, 5.74) is 3.64. The van der Waals surface area contributed by atoms with Crippen molar-refractivity contribution < 1.29 is 9.47 Å². The Bertz CT molecular complexity index is 633. The lowest BCUT2D eigenvalue weighted by Gasteiger charge is -2.16. The van der Waals surface area contributed by atoms with Crippen molar-refractivity contribution in [1.82, 2.24) is 5.32 Å². The molecule has 0 saturated carbocycles. The zero-order valence-electron chi connectivity index (χ0n) is 14.6. The molecular formula is C21H27NO2. The van der Waals surface area contributed by atoms with E-state index in [9.17, 15) is 0 Å². The fraction of sp³-hybridized carbons (Fsp3) is 0.429. The molecule has 0 aliphatic carbocycles. The Hall–Kier alpha value is -1.84. The molecule has 1 saturated heterocycles. The van der Waals surface area contributed by atoms with Gasteiger partial charge in [0.05, 0.1) is 7.11 Å². The predicted molar refractivity (Wildman–Crippen MR) is 98.4 cm³/mol. The Kier molecular flexibility index (Phi) is 5.89. The number of hydrogen-bond acceptors (Lipinski definition) is 3. The van der Waals surface area contributed by atoms with E-state index in [1.54, 1.807) is 7.11 Å². The minimum absolute atomic E-state index is 0.360. The maximum absolute atomic E-state index is 5.46. The third kappa shape index (κ3) is 4.16. The van der Waals surface area contributed by atoms with Crippen LogP contribution in [0.15, 0.2) is 48.5 Å². The fourth-order valence-corrected chi connectivity index (χ4v) is 3.27. The summed E-state index contributed by atoms with van der Waals surface area (Å²) in [5.74, 6) is 1.65. The first kappa shape index (κ1) is 17.0. The van der Waals surface area contributed by atoms with Crippen molar-refractivity contribution in [3.8, 4) is 16.9 Å². The molecule has 0 radical (unpaired) electrons. The number of ether oxygens (including phenoxy) is 2. The number of para-hydroxylation sites is 1. The monoisotopic (exact) mass is 325 g/mol. The standard InChI is InChI=1S/C21H27NO2/c1-16(22-13-11-17-12-14-24-15-17)18-7-9-19(10-8-18)20-5-3-4-6-21(20)23-2/h3-10,16-17,22H,11-15H2,1-2H3. The van der Waals surface area contributed by atoms with Crippen LogP contribution in [0, 0.1) is 5.92 Å². The Morgan fingerprint density at radius 1 is 1.17 bits per heavy atom. The van der Waals surface area contributed by atoms with Crippen LogP contribution < -0.4 is 10.1 Å². The predicted octanol–water partition coefficient (Wildman–Crippen LogP) is 4.44. The van der Waals surface area contributed by atoms with Gasteiger partial charge in [0.1, 0.15) is 5.75 Å². The van der Waals surface area contributed by atoms with Gasteiger partial charge < -0.3 is 14.8 Å². The van der Waals surface area contributed by atoms with E-state index in [0.717, 1.165) is 37.0 Å². The van der Waals surface area contributed by atoms with Crippen LogP contribution in [0.2, 0.25) is 0 Å². The molecule has 3 rings (SSSR count). The minimum atomic E-state index is 0.360. The lowest BCUT2D eigenvalue weighted by atomic mass is 10.00. The van der Waals surface area contributed by atoms with Crippen LogP contribution in [0.3, 0.4) is 0 Å². The number of nitrogens with one attached hydrogen (secondary N) is 1. The third-order valence-corrected chi connectivity index (χ3v) is 4.86. The maximum Gasteiger partial charge on any atom is 0.126 e. The van der Waals surface area contributed by atoms with Crippen LogP contribution >= 0.6 is 0 Å². The van der Waals surface area contributed by atoms with Gasteiger partial charge in [0, 0.05) is 24.8 Å². The van der Waals surface area contributed by atoms with Gasteiger partial charge in [-0.1, -0.05) is 42.5 Å². The first-order valence-corrected chi connectivity index (χ1v) is 8.82. The summed E-state index contributed by atoms with van der Waals surface area (Å²) in [7, 11) is 1.72. The van der Waals surface area contributed by atoms with Gasteiger partial charge in [0.25, 0.3) is 0 Å². The Balaban J connectivity index is 1.59. The lowest BCUT2D eigenvalue weighted by molar-refractivity contribution is 0.184. The Morgan fingerprint density at radius 3 is 2.67 bits per heavy atom. The van der Waals surface area contributed by atoms with Gasteiger partial charge in [-0.15, -0.1) is 0 Å². The van der Waals surface area contributed by atoms with E-state index >= 15 is 0 Å². The van der Waals surface area contributed by atoms with Crippen molar-refractivity contribution in [2.75, 3.05) is 26.9 Å². The molecule has 24 heavy (non-hydrogen) atoms. The van der Waals surface area contributed by atoms with Crippen molar-refractivity contribution in [2.45, 2.75) is 25.8 Å². The molecule has 0 spiro atoms. The van der Waals surface area contributed by atoms with Gasteiger partial charge in [0.15, 0.2) is 0 Å². The highest BCUT2D eigenvalue weighted by atomic mass is 16.5. The van der Waals surface area contributed by atoms with Crippen molar-refractivity contribution in [2.24, 2.45) is 5.92 Å². The highest BCUT2D eigenvalue weighted by Gasteiger charge is 2.15. The average Bonchev–Trinajstić information content (AvgIpc) is 3.15. The van der Waals surface area contributed by atoms with Gasteiger partial charge in [-0.05, 0) is 49.4 Å². The van der Waals surface area contributed by atoms with Gasteiger partial charge >= 0.3 is 0 Å². The molecule has 1 aliphatic heterocycles. The Labute approximate surface area is 145 Å². The van der Waals surface area contributed by atoms with Crippen LogP contribution in [-0.2, 0) is 4.74 Å². The first-order valence-electron chi connectivity index (χ1n) is 8.82. The van der Waals surface area contributed by atoms with Gasteiger partial charge in [-0.3, -0.25) is 0 Å². The van der Waals surface area contributed by atoms with E-state index in [1.807, 2.05) is 18.2 Å². The molecule has 1 aliphatic rings. The summed E-state index contributed by atoms with van der Waals surface area (Å²) < 4.78 is 10.9. The summed E-state index contributed by atoms with van der Waals surface area (Å²) in [6.07, 6.45) is 2.41. The van der Waals surface area contributed by atoms with E-state index in [0.29, 0.717) is 6.04 Å². The smallest absolute Gasteiger partial charge is 0.126 e. The fourth-order valence-electron chi connectivity index (χ4n) is 3.27. The van der Waals surface area contributed by atoms with E-state index in [2.05, 4.69) is 42.6 Å². The van der Waals surface area contributed by atoms with E-state index < -0.39 is 0 Å². The molecule has 2 atom stereocenters. The molecule has 128 valence electrons. The Morgan fingerprint density at radius 2 is 1.96 bits per heavy atom. The number of benzene rings is 2. The summed E-state index contributed by atoms with van der Waals surface area (Å²) in [6, 6.07) is 17.3. The average molecular weight is 325 g/mol. The van der Waals surface area contributed by atoms with E-state index in [-0.39, 0.29) is 0 Å². The van der Waals surface area contributed by atoms with Crippen LogP contribution in [0.4, 0.5) is 0 Å². The largest absolute Gasteiger partial charge is 0.496 e. The zero-order chi connectivity index (χ0) is 16.8. The topological polar surface area (TPSA) is 30.5 Å². The first-order chi connectivity index (χ1) is 11.8. The van der Waals surface area contributed by atoms with Gasteiger partial charge in [-0.2, -0.15) is 0 Å². The van der Waals surface area contributed by atoms with Crippen molar-refractivity contribution in [1.29, 1.82) is 0 Å². The quantitative estimate of drug-likeness (QED) is 0.816. The second-order valence-corrected chi connectivity index (χ2v) is 6.52. The number of hydrogen-bond donors (Lipinski definition) is 1. The van der Waals surface area contributed by atoms with Crippen molar-refractivity contribution in [3.05, 3.63) is 54.1 Å². The maximum atomic E-state index is 5.46. The van der Waals surface area contributed by atoms with E-state index in [4.69, 9.17) is 9.47 Å². The van der Waals surface area contributed by atoms with Gasteiger partial charge in [-0.25, -0.2) is 0 Å². The molecule has 2 aromatic carbocycles. The zero-order valence-corrected chi connectivity index (χ0v) is 14.6. The summed E-state index contributed by atoms with van der Waals surface area (Å²) in [4.78, 5) is 0. The summed E-state index contributed by atoms with van der Waals surface area (Å²) in [6.45, 7) is 5.14. The SMILES string of the molecule is COc1ccccc1-c1ccc(C(C)NCCC2CCOC2)cc1. The molecule has 0 aromatic heterocycles. The van der Waals surface area contributed by atoms with Crippen LogP contribution in [0.5, 0.6) is 5.75 Å². The van der Waals surface area contributed by atoms with Crippen molar-refractivity contribution >= 4 is 0 Å². The van der Waals surface area contributed by atoms with Crippen molar-refractivity contribution in [3.63, 3.8) is 0 Å². The highest BCUT2D eigenvalue weighted by molar-refractivity contribution is 5.70. The lowest BCUT2D eigenvalue weighted by Crippen LogP contribution is -2.22. The number of methoxy groups -OCH3 is 1. The molecule has 0 bridgehead atoms. The molecular weight excluding hydrogens is 298 g/mol. The normalized spacial score (nSPS) is 18.5. The second-order valence-electron chi connectivity index (χ2n) is 6.52. The molecule has 1 heterocycles. The minimum Gasteiger partial charge on any atom is -0.496 e. The summed E-state index contributed by atoms with van der Waals surface area (Å²) >= 11 is 0. The van der Waals surface area contributed by atoms with Crippen LogP contribution in [-0.4, -0.2) is 26.9 Å². The van der Waals surface area contributed by atoms with Gasteiger partial charge in [0.2, 0.25) is 0 Å². The molecule has 3 heteroatoms. The molecule has 3 nitrogen and oxygen atoms in total. The second kappa shape index (κ2) is 8.32. The van der Waals surface area contributed by atoms with Crippen LogP contribution in [0.25, 0.3) is 11.1 Å². The molecule has 2 unspecified atom stereocenters. The number of rotatable bonds is 7. The van der Waals surface area contributed by atoms with E-state index in [1.165, 1.54) is 24.0 Å². The summed E-state index contributed by atoms with van der Waals surface area (Å²) in [5, 5.41) is 3.63.